The van der Waals surface area contributed by atoms with Crippen LogP contribution in [0, 0.1) is 13.8 Å². The van der Waals surface area contributed by atoms with E-state index < -0.39 is 0 Å². The number of rotatable bonds is 3. The molecular weight excluding hydrogens is 388 g/mol. The Morgan fingerprint density at radius 3 is 2.52 bits per heavy atom. The van der Waals surface area contributed by atoms with E-state index in [0.717, 1.165) is 35.2 Å². The largest absolute Gasteiger partial charge is 0.339 e. The highest BCUT2D eigenvalue weighted by Crippen LogP contribution is 2.29. The van der Waals surface area contributed by atoms with Crippen molar-refractivity contribution in [3.05, 3.63) is 64.5 Å². The first-order valence-corrected chi connectivity index (χ1v) is 10.1. The normalized spacial score (nSPS) is 14.8. The molecule has 0 saturated carbocycles. The van der Waals surface area contributed by atoms with Crippen molar-refractivity contribution < 1.29 is 9.32 Å². The number of para-hydroxylation sites is 1. The van der Waals surface area contributed by atoms with Crippen LogP contribution in [0.5, 0.6) is 0 Å². The van der Waals surface area contributed by atoms with Crippen LogP contribution >= 0.6 is 11.6 Å². The Labute approximate surface area is 174 Å². The monoisotopic (exact) mass is 410 g/mol. The van der Waals surface area contributed by atoms with E-state index in [9.17, 15) is 4.79 Å². The predicted molar refractivity (Wildman–Crippen MR) is 113 cm³/mol. The quantitative estimate of drug-likeness (QED) is 0.625. The minimum atomic E-state index is -0.0639. The molecule has 2 amide bonds. The van der Waals surface area contributed by atoms with Crippen molar-refractivity contribution in [2.45, 2.75) is 32.6 Å². The molecule has 6 nitrogen and oxygen atoms in total. The number of benzene rings is 2. The summed E-state index contributed by atoms with van der Waals surface area (Å²) in [5, 5.41) is 7.79. The lowest BCUT2D eigenvalue weighted by molar-refractivity contribution is 0.187. The topological polar surface area (TPSA) is 71.3 Å². The van der Waals surface area contributed by atoms with Gasteiger partial charge in [0.25, 0.3) is 0 Å². The first kappa shape index (κ1) is 19.5. The van der Waals surface area contributed by atoms with Gasteiger partial charge in [0.15, 0.2) is 0 Å². The third-order valence-corrected chi connectivity index (χ3v) is 5.60. The van der Waals surface area contributed by atoms with Gasteiger partial charge in [0.2, 0.25) is 11.7 Å². The average Bonchev–Trinajstić information content (AvgIpc) is 3.21. The summed E-state index contributed by atoms with van der Waals surface area (Å²) in [6.07, 6.45) is 1.58. The van der Waals surface area contributed by atoms with Crippen LogP contribution in [-0.2, 0) is 0 Å². The fourth-order valence-corrected chi connectivity index (χ4v) is 3.86. The Balaban J connectivity index is 1.38. The molecule has 1 aliphatic rings. The molecule has 3 aromatic rings. The molecule has 2 aromatic carbocycles. The molecule has 0 radical (unpaired) electrons. The Morgan fingerprint density at radius 1 is 1.14 bits per heavy atom. The molecule has 1 aliphatic heterocycles. The smallest absolute Gasteiger partial charge is 0.321 e. The predicted octanol–water partition coefficient (Wildman–Crippen LogP) is 5.42. The molecule has 0 bridgehead atoms. The second-order valence-electron chi connectivity index (χ2n) is 7.42. The molecule has 0 unspecified atom stereocenters. The number of urea groups is 1. The van der Waals surface area contributed by atoms with E-state index in [-0.39, 0.29) is 11.9 Å². The Morgan fingerprint density at radius 2 is 1.83 bits per heavy atom. The lowest BCUT2D eigenvalue weighted by Crippen LogP contribution is -2.40. The van der Waals surface area contributed by atoms with Crippen molar-refractivity contribution in [1.29, 1.82) is 0 Å². The van der Waals surface area contributed by atoms with Gasteiger partial charge < -0.3 is 14.7 Å². The number of likely N-dealkylation sites (tertiary alicyclic amines) is 1. The highest BCUT2D eigenvalue weighted by atomic mass is 35.5. The number of aromatic nitrogens is 2. The first-order chi connectivity index (χ1) is 14.0. The summed E-state index contributed by atoms with van der Waals surface area (Å²) in [4.78, 5) is 19.1. The molecule has 1 aromatic heterocycles. The zero-order chi connectivity index (χ0) is 20.4. The zero-order valence-electron chi connectivity index (χ0n) is 16.5. The Bertz CT molecular complexity index is 1000. The number of carbonyl (C=O) groups is 1. The molecule has 1 fully saturated rings. The van der Waals surface area contributed by atoms with Crippen LogP contribution in [-0.4, -0.2) is 34.2 Å². The number of hydrogen-bond donors (Lipinski definition) is 1. The molecule has 0 aliphatic carbocycles. The number of aryl methyl sites for hydroxylation is 2. The summed E-state index contributed by atoms with van der Waals surface area (Å²) in [6.45, 7) is 5.30. The van der Waals surface area contributed by atoms with Crippen molar-refractivity contribution >= 4 is 23.3 Å². The van der Waals surface area contributed by atoms with Crippen LogP contribution in [0.3, 0.4) is 0 Å². The molecule has 1 N–H and O–H groups in total. The number of nitrogens with one attached hydrogen (secondary N) is 1. The van der Waals surface area contributed by atoms with Gasteiger partial charge >= 0.3 is 6.03 Å². The van der Waals surface area contributed by atoms with Crippen LogP contribution in [0.2, 0.25) is 5.02 Å². The van der Waals surface area contributed by atoms with Crippen molar-refractivity contribution in [1.82, 2.24) is 15.0 Å². The van der Waals surface area contributed by atoms with E-state index in [1.165, 1.54) is 0 Å². The Kier molecular flexibility index (Phi) is 5.53. The maximum Gasteiger partial charge on any atom is 0.321 e. The second kappa shape index (κ2) is 8.25. The van der Waals surface area contributed by atoms with E-state index in [1.54, 1.807) is 0 Å². The van der Waals surface area contributed by atoms with Gasteiger partial charge in [0.1, 0.15) is 0 Å². The molecule has 7 heteroatoms. The van der Waals surface area contributed by atoms with Crippen LogP contribution in [0.4, 0.5) is 10.5 Å². The van der Waals surface area contributed by atoms with E-state index in [4.69, 9.17) is 16.1 Å². The first-order valence-electron chi connectivity index (χ1n) is 9.73. The molecule has 0 atom stereocenters. The van der Waals surface area contributed by atoms with E-state index in [0.29, 0.717) is 29.8 Å². The van der Waals surface area contributed by atoms with Gasteiger partial charge in [-0.05, 0) is 49.9 Å². The molecule has 150 valence electrons. The van der Waals surface area contributed by atoms with Gasteiger partial charge in [0, 0.05) is 35.3 Å². The van der Waals surface area contributed by atoms with Crippen LogP contribution < -0.4 is 5.32 Å². The van der Waals surface area contributed by atoms with E-state index >= 15 is 0 Å². The molecule has 2 heterocycles. The van der Waals surface area contributed by atoms with Gasteiger partial charge in [-0.2, -0.15) is 4.98 Å². The molecule has 29 heavy (non-hydrogen) atoms. The summed E-state index contributed by atoms with van der Waals surface area (Å²) in [5.74, 6) is 1.31. The van der Waals surface area contributed by atoms with Gasteiger partial charge in [-0.1, -0.05) is 47.1 Å². The van der Waals surface area contributed by atoms with Crippen molar-refractivity contribution in [2.75, 3.05) is 18.4 Å². The Hall–Kier alpha value is -2.86. The lowest BCUT2D eigenvalue weighted by atomic mass is 9.97. The molecule has 4 rings (SSSR count). The lowest BCUT2D eigenvalue weighted by Gasteiger charge is -2.30. The maximum absolute atomic E-state index is 12.7. The molecule has 1 saturated heterocycles. The van der Waals surface area contributed by atoms with Gasteiger partial charge in [-0.3, -0.25) is 0 Å². The summed E-state index contributed by atoms with van der Waals surface area (Å²) in [6, 6.07) is 13.3. The summed E-state index contributed by atoms with van der Waals surface area (Å²) < 4.78 is 5.50. The minimum Gasteiger partial charge on any atom is -0.339 e. The SMILES string of the molecule is Cc1cccc(C)c1NC(=O)N1CCC(c2nc(-c3cccc(Cl)c3)no2)CC1. The second-order valence-corrected chi connectivity index (χ2v) is 7.86. The highest BCUT2D eigenvalue weighted by Gasteiger charge is 2.28. The number of amides is 2. The van der Waals surface area contributed by atoms with Crippen LogP contribution in [0.1, 0.15) is 35.8 Å². The zero-order valence-corrected chi connectivity index (χ0v) is 17.2. The summed E-state index contributed by atoms with van der Waals surface area (Å²) >= 11 is 6.04. The fraction of sp³-hybridized carbons (Fsp3) is 0.318. The van der Waals surface area contributed by atoms with Crippen LogP contribution in [0.25, 0.3) is 11.4 Å². The number of nitrogens with zero attached hydrogens (tertiary/aromatic N) is 3. The molecular formula is C22H23ClN4O2. The highest BCUT2D eigenvalue weighted by molar-refractivity contribution is 6.30. The van der Waals surface area contributed by atoms with E-state index in [1.807, 2.05) is 61.2 Å². The van der Waals surface area contributed by atoms with Crippen LogP contribution in [0.15, 0.2) is 47.0 Å². The number of hydrogen-bond acceptors (Lipinski definition) is 4. The molecule has 0 spiro atoms. The standard InChI is InChI=1S/C22H23ClN4O2/c1-14-5-3-6-15(2)19(14)24-22(28)27-11-9-16(10-12-27)21-25-20(26-29-21)17-7-4-8-18(23)13-17/h3-8,13,16H,9-12H2,1-2H3,(H,24,28). The van der Waals surface area contributed by atoms with E-state index in [2.05, 4.69) is 15.5 Å². The average molecular weight is 411 g/mol. The summed E-state index contributed by atoms with van der Waals surface area (Å²) in [5.41, 5.74) is 3.85. The number of carbonyl (C=O) groups excluding carboxylic acids is 1. The van der Waals surface area contributed by atoms with Gasteiger partial charge in [0.05, 0.1) is 0 Å². The maximum atomic E-state index is 12.7. The van der Waals surface area contributed by atoms with Crippen molar-refractivity contribution in [2.24, 2.45) is 0 Å². The van der Waals surface area contributed by atoms with Crippen molar-refractivity contribution in [3.8, 4) is 11.4 Å². The fourth-order valence-electron chi connectivity index (χ4n) is 3.67. The van der Waals surface area contributed by atoms with Crippen molar-refractivity contribution in [3.63, 3.8) is 0 Å². The minimum absolute atomic E-state index is 0.0639. The number of halogens is 1. The number of piperidine rings is 1. The third kappa shape index (κ3) is 4.27. The van der Waals surface area contributed by atoms with Gasteiger partial charge in [-0.15, -0.1) is 0 Å². The number of anilines is 1. The summed E-state index contributed by atoms with van der Waals surface area (Å²) in [7, 11) is 0. The third-order valence-electron chi connectivity index (χ3n) is 5.37. The van der Waals surface area contributed by atoms with Gasteiger partial charge in [-0.25, -0.2) is 4.79 Å².